The van der Waals surface area contributed by atoms with E-state index >= 15 is 0 Å². The molecular weight excluding hydrogens is 233 g/mol. The van der Waals surface area contributed by atoms with E-state index in [2.05, 4.69) is 10.2 Å². The Labute approximate surface area is 102 Å². The van der Waals surface area contributed by atoms with Gasteiger partial charge in [-0.2, -0.15) is 5.10 Å². The molecule has 4 nitrogen and oxygen atoms in total. The number of benzene rings is 2. The highest BCUT2D eigenvalue weighted by Crippen LogP contribution is 2.27. The minimum absolute atomic E-state index is 0.295. The summed E-state index contributed by atoms with van der Waals surface area (Å²) >= 11 is 0. The molecular formula is C13H10FN3O. The molecule has 90 valence electrons. The van der Waals surface area contributed by atoms with Crippen LogP contribution in [0.4, 0.5) is 10.2 Å². The number of fused-ring (bicyclic) bond motifs is 1. The van der Waals surface area contributed by atoms with Crippen molar-refractivity contribution in [1.29, 1.82) is 0 Å². The summed E-state index contributed by atoms with van der Waals surface area (Å²) in [7, 11) is 0. The van der Waals surface area contributed by atoms with Gasteiger partial charge in [0.25, 0.3) is 0 Å². The van der Waals surface area contributed by atoms with Crippen molar-refractivity contribution in [3.05, 3.63) is 48.3 Å². The van der Waals surface area contributed by atoms with Crippen molar-refractivity contribution in [1.82, 2.24) is 10.2 Å². The molecule has 0 bridgehead atoms. The molecule has 0 spiro atoms. The van der Waals surface area contributed by atoms with E-state index in [1.807, 2.05) is 6.07 Å². The number of nitrogens with two attached hydrogens (primary N) is 1. The molecule has 0 fully saturated rings. The standard InChI is InChI=1S/C13H10FN3O/c14-8-1-3-9(4-2-8)18-10-5-6-12-11(7-10)13(15)17-16-12/h1-7H,(H3,15,16,17). The Morgan fingerprint density at radius 3 is 2.56 bits per heavy atom. The molecule has 3 N–H and O–H groups in total. The molecule has 0 amide bonds. The fraction of sp³-hybridized carbons (Fsp3) is 0. The summed E-state index contributed by atoms with van der Waals surface area (Å²) in [6.45, 7) is 0. The van der Waals surface area contributed by atoms with Crippen LogP contribution in [0.3, 0.4) is 0 Å². The lowest BCUT2D eigenvalue weighted by molar-refractivity contribution is 0.481. The van der Waals surface area contributed by atoms with E-state index in [1.54, 1.807) is 24.3 Å². The first-order chi connectivity index (χ1) is 8.72. The van der Waals surface area contributed by atoms with Crippen LogP contribution >= 0.6 is 0 Å². The van der Waals surface area contributed by atoms with Gasteiger partial charge in [-0.05, 0) is 42.5 Å². The predicted octanol–water partition coefficient (Wildman–Crippen LogP) is 3.08. The molecule has 0 unspecified atom stereocenters. The van der Waals surface area contributed by atoms with E-state index in [4.69, 9.17) is 10.5 Å². The van der Waals surface area contributed by atoms with Gasteiger partial charge >= 0.3 is 0 Å². The molecule has 0 aliphatic carbocycles. The first-order valence-corrected chi connectivity index (χ1v) is 5.39. The molecule has 1 heterocycles. The van der Waals surface area contributed by atoms with Crippen molar-refractivity contribution in [2.24, 2.45) is 0 Å². The van der Waals surface area contributed by atoms with Crippen LogP contribution in [-0.4, -0.2) is 10.2 Å². The normalized spacial score (nSPS) is 10.7. The number of rotatable bonds is 2. The number of nitrogens with one attached hydrogen (secondary N) is 1. The maximum Gasteiger partial charge on any atom is 0.153 e. The third-order valence-electron chi connectivity index (χ3n) is 2.61. The summed E-state index contributed by atoms with van der Waals surface area (Å²) in [6, 6.07) is 11.2. The van der Waals surface area contributed by atoms with Gasteiger partial charge in [-0.15, -0.1) is 0 Å². The molecule has 0 saturated carbocycles. The molecule has 18 heavy (non-hydrogen) atoms. The lowest BCUT2D eigenvalue weighted by Crippen LogP contribution is -1.86. The van der Waals surface area contributed by atoms with Crippen LogP contribution in [0, 0.1) is 5.82 Å². The number of hydrogen-bond donors (Lipinski definition) is 2. The van der Waals surface area contributed by atoms with Crippen LogP contribution in [0.15, 0.2) is 42.5 Å². The third kappa shape index (κ3) is 1.86. The highest BCUT2D eigenvalue weighted by atomic mass is 19.1. The van der Waals surface area contributed by atoms with Gasteiger partial charge in [0.1, 0.15) is 17.3 Å². The SMILES string of the molecule is Nc1n[nH]c2ccc(Oc3ccc(F)cc3)cc12. The van der Waals surface area contributed by atoms with Gasteiger partial charge in [-0.25, -0.2) is 4.39 Å². The number of halogens is 1. The number of nitrogen functional groups attached to an aromatic ring is 1. The molecule has 3 aromatic rings. The number of ether oxygens (including phenoxy) is 1. The number of H-pyrrole nitrogens is 1. The minimum atomic E-state index is -0.295. The summed E-state index contributed by atoms with van der Waals surface area (Å²) in [6.07, 6.45) is 0. The molecule has 0 aliphatic heterocycles. The van der Waals surface area contributed by atoms with Gasteiger partial charge in [-0.1, -0.05) is 0 Å². The lowest BCUT2D eigenvalue weighted by atomic mass is 10.2. The summed E-state index contributed by atoms with van der Waals surface area (Å²) in [5.41, 5.74) is 6.56. The van der Waals surface area contributed by atoms with Crippen molar-refractivity contribution >= 4 is 16.7 Å². The lowest BCUT2D eigenvalue weighted by Gasteiger charge is -2.05. The highest BCUT2D eigenvalue weighted by Gasteiger charge is 2.04. The topological polar surface area (TPSA) is 63.9 Å². The van der Waals surface area contributed by atoms with Crippen LogP contribution in [0.25, 0.3) is 10.9 Å². The number of anilines is 1. The number of aromatic nitrogens is 2. The van der Waals surface area contributed by atoms with Gasteiger partial charge in [0.05, 0.1) is 5.52 Å². The maximum atomic E-state index is 12.8. The minimum Gasteiger partial charge on any atom is -0.457 e. The quantitative estimate of drug-likeness (QED) is 0.727. The average Bonchev–Trinajstić information content (AvgIpc) is 2.74. The Morgan fingerprint density at radius 2 is 1.78 bits per heavy atom. The van der Waals surface area contributed by atoms with E-state index in [1.165, 1.54) is 12.1 Å². The fourth-order valence-corrected chi connectivity index (χ4v) is 1.72. The van der Waals surface area contributed by atoms with Crippen molar-refractivity contribution < 1.29 is 9.13 Å². The molecule has 3 rings (SSSR count). The van der Waals surface area contributed by atoms with Gasteiger partial charge in [-0.3, -0.25) is 5.10 Å². The second-order valence-electron chi connectivity index (χ2n) is 3.87. The van der Waals surface area contributed by atoms with Crippen molar-refractivity contribution in [2.45, 2.75) is 0 Å². The second kappa shape index (κ2) is 4.03. The molecule has 0 saturated heterocycles. The largest absolute Gasteiger partial charge is 0.457 e. The van der Waals surface area contributed by atoms with Crippen LogP contribution in [-0.2, 0) is 0 Å². The monoisotopic (exact) mass is 243 g/mol. The zero-order valence-electron chi connectivity index (χ0n) is 9.35. The summed E-state index contributed by atoms with van der Waals surface area (Å²) in [5.74, 6) is 1.33. The smallest absolute Gasteiger partial charge is 0.153 e. The summed E-state index contributed by atoms with van der Waals surface area (Å²) < 4.78 is 18.4. The van der Waals surface area contributed by atoms with Gasteiger partial charge in [0, 0.05) is 5.39 Å². The third-order valence-corrected chi connectivity index (χ3v) is 2.61. The van der Waals surface area contributed by atoms with Crippen LogP contribution in [0.1, 0.15) is 0 Å². The zero-order valence-corrected chi connectivity index (χ0v) is 9.35. The first kappa shape index (κ1) is 10.6. The molecule has 0 atom stereocenters. The second-order valence-corrected chi connectivity index (χ2v) is 3.87. The highest BCUT2D eigenvalue weighted by molar-refractivity contribution is 5.89. The van der Waals surface area contributed by atoms with Gasteiger partial charge in [0.15, 0.2) is 5.82 Å². The number of nitrogens with zero attached hydrogens (tertiary/aromatic N) is 1. The molecule has 2 aromatic carbocycles. The summed E-state index contributed by atoms with van der Waals surface area (Å²) in [5, 5.41) is 7.51. The molecule has 0 radical (unpaired) electrons. The van der Waals surface area contributed by atoms with E-state index in [9.17, 15) is 4.39 Å². The van der Waals surface area contributed by atoms with E-state index in [-0.39, 0.29) is 5.82 Å². The number of hydrogen-bond acceptors (Lipinski definition) is 3. The van der Waals surface area contributed by atoms with Crippen LogP contribution < -0.4 is 10.5 Å². The molecule has 5 heteroatoms. The van der Waals surface area contributed by atoms with Crippen LogP contribution in [0.2, 0.25) is 0 Å². The Hall–Kier alpha value is -2.56. The fourth-order valence-electron chi connectivity index (χ4n) is 1.72. The Morgan fingerprint density at radius 1 is 1.06 bits per heavy atom. The van der Waals surface area contributed by atoms with Crippen LogP contribution in [0.5, 0.6) is 11.5 Å². The maximum absolute atomic E-state index is 12.8. The number of aromatic amines is 1. The Bertz CT molecular complexity index is 691. The molecule has 1 aromatic heterocycles. The van der Waals surface area contributed by atoms with E-state index in [0.29, 0.717) is 17.3 Å². The van der Waals surface area contributed by atoms with Crippen molar-refractivity contribution in [3.8, 4) is 11.5 Å². The average molecular weight is 243 g/mol. The van der Waals surface area contributed by atoms with Crippen molar-refractivity contribution in [2.75, 3.05) is 5.73 Å². The zero-order chi connectivity index (χ0) is 12.5. The van der Waals surface area contributed by atoms with Gasteiger partial charge < -0.3 is 10.5 Å². The van der Waals surface area contributed by atoms with Crippen molar-refractivity contribution in [3.63, 3.8) is 0 Å². The predicted molar refractivity (Wildman–Crippen MR) is 67.0 cm³/mol. The Kier molecular flexibility index (Phi) is 2.37. The van der Waals surface area contributed by atoms with E-state index < -0.39 is 0 Å². The summed E-state index contributed by atoms with van der Waals surface area (Å²) in [4.78, 5) is 0. The molecule has 0 aliphatic rings. The van der Waals surface area contributed by atoms with Gasteiger partial charge in [0.2, 0.25) is 0 Å². The Balaban J connectivity index is 1.94. The first-order valence-electron chi connectivity index (χ1n) is 5.39. The van der Waals surface area contributed by atoms with E-state index in [0.717, 1.165) is 10.9 Å².